The van der Waals surface area contributed by atoms with Crippen LogP contribution in [0.2, 0.25) is 0 Å². The summed E-state index contributed by atoms with van der Waals surface area (Å²) in [4.78, 5) is 24.7. The normalized spacial score (nSPS) is 18.6. The van der Waals surface area contributed by atoms with E-state index in [2.05, 4.69) is 21.9 Å². The molecule has 0 unspecified atom stereocenters. The molecule has 2 aromatic carbocycles. The number of phenolic OH excluding ortho intramolecular Hbond substituents is 1. The highest BCUT2D eigenvalue weighted by atomic mass is 16.3. The van der Waals surface area contributed by atoms with Gasteiger partial charge in [-0.2, -0.15) is 5.10 Å². The fourth-order valence-electron chi connectivity index (χ4n) is 4.18. The number of nitrogens with zero attached hydrogens (tertiary/aromatic N) is 1. The molecule has 1 amide bonds. The Hall–Kier alpha value is -3.41. The Labute approximate surface area is 169 Å². The van der Waals surface area contributed by atoms with E-state index in [1.807, 2.05) is 18.2 Å². The smallest absolute Gasteiger partial charge is 0.311 e. The molecular formula is C23H23N3O3. The number of ketones is 1. The predicted molar refractivity (Wildman–Crippen MR) is 111 cm³/mol. The van der Waals surface area contributed by atoms with Crippen molar-refractivity contribution in [3.63, 3.8) is 0 Å². The number of benzene rings is 2. The van der Waals surface area contributed by atoms with Crippen LogP contribution in [0.4, 0.5) is 0 Å². The third-order valence-corrected chi connectivity index (χ3v) is 5.60. The maximum atomic E-state index is 12.5. The monoisotopic (exact) mass is 389 g/mol. The first-order chi connectivity index (χ1) is 14.1. The molecule has 6 heteroatoms. The van der Waals surface area contributed by atoms with Crippen LogP contribution >= 0.6 is 0 Å². The summed E-state index contributed by atoms with van der Waals surface area (Å²) in [6, 6.07) is 14.6. The molecule has 2 aliphatic rings. The van der Waals surface area contributed by atoms with Crippen LogP contribution in [0.5, 0.6) is 5.75 Å². The number of amides is 1. The summed E-state index contributed by atoms with van der Waals surface area (Å²) in [5.74, 6) is -1.45. The molecule has 1 aliphatic heterocycles. The Morgan fingerprint density at radius 2 is 1.79 bits per heavy atom. The van der Waals surface area contributed by atoms with Crippen molar-refractivity contribution in [2.24, 2.45) is 5.10 Å². The van der Waals surface area contributed by atoms with Gasteiger partial charge in [0.25, 0.3) is 0 Å². The van der Waals surface area contributed by atoms with Gasteiger partial charge >= 0.3 is 5.91 Å². The molecule has 3 N–H and O–H groups in total. The molecule has 1 heterocycles. The molecule has 1 fully saturated rings. The lowest BCUT2D eigenvalue weighted by Crippen LogP contribution is -2.47. The fourth-order valence-corrected chi connectivity index (χ4v) is 4.18. The minimum atomic E-state index is -0.825. The molecule has 29 heavy (non-hydrogen) atoms. The van der Waals surface area contributed by atoms with Crippen molar-refractivity contribution in [2.45, 2.75) is 37.6 Å². The van der Waals surface area contributed by atoms with E-state index in [1.165, 1.54) is 23.9 Å². The Kier molecular flexibility index (Phi) is 5.16. The Bertz CT molecular complexity index is 1000. The van der Waals surface area contributed by atoms with Gasteiger partial charge in [0, 0.05) is 28.4 Å². The molecule has 2 aromatic rings. The lowest BCUT2D eigenvalue weighted by atomic mass is 9.82. The highest BCUT2D eigenvalue weighted by Gasteiger charge is 2.38. The Morgan fingerprint density at radius 3 is 2.59 bits per heavy atom. The van der Waals surface area contributed by atoms with E-state index in [9.17, 15) is 14.7 Å². The summed E-state index contributed by atoms with van der Waals surface area (Å²) in [6.45, 7) is 0. The number of carbonyl (C=O) groups excluding carboxylic acids is 2. The van der Waals surface area contributed by atoms with Crippen LogP contribution in [0.25, 0.3) is 5.70 Å². The lowest BCUT2D eigenvalue weighted by Gasteiger charge is -2.38. The van der Waals surface area contributed by atoms with Crippen molar-refractivity contribution in [1.29, 1.82) is 0 Å². The van der Waals surface area contributed by atoms with Gasteiger partial charge < -0.3 is 10.4 Å². The topological polar surface area (TPSA) is 90.8 Å². The SMILES string of the molecule is O=C(C=C1NC2(CCCC2)Cc2ccccc21)C(=O)N/N=C/c1ccccc1O. The summed E-state index contributed by atoms with van der Waals surface area (Å²) in [5.41, 5.74) is 5.51. The van der Waals surface area contributed by atoms with Gasteiger partial charge in [-0.25, -0.2) is 5.43 Å². The molecule has 1 saturated carbocycles. The Balaban J connectivity index is 1.51. The summed E-state index contributed by atoms with van der Waals surface area (Å²) < 4.78 is 0. The molecular weight excluding hydrogens is 366 g/mol. The lowest BCUT2D eigenvalue weighted by molar-refractivity contribution is -0.135. The molecule has 1 spiro atoms. The number of aromatic hydroxyl groups is 1. The van der Waals surface area contributed by atoms with Gasteiger partial charge in [-0.05, 0) is 37.0 Å². The van der Waals surface area contributed by atoms with Crippen LogP contribution in [0, 0.1) is 0 Å². The maximum Gasteiger partial charge on any atom is 0.311 e. The van der Waals surface area contributed by atoms with E-state index in [1.54, 1.807) is 18.2 Å². The first kappa shape index (κ1) is 18.9. The molecule has 148 valence electrons. The fraction of sp³-hybridized carbons (Fsp3) is 0.261. The van der Waals surface area contributed by atoms with E-state index in [-0.39, 0.29) is 11.3 Å². The van der Waals surface area contributed by atoms with Gasteiger partial charge in [0.2, 0.25) is 5.78 Å². The molecule has 0 atom stereocenters. The summed E-state index contributed by atoms with van der Waals surface area (Å²) in [6.07, 6.45) is 8.05. The Morgan fingerprint density at radius 1 is 1.07 bits per heavy atom. The summed E-state index contributed by atoms with van der Waals surface area (Å²) in [7, 11) is 0. The number of nitrogens with one attached hydrogen (secondary N) is 2. The van der Waals surface area contributed by atoms with Gasteiger partial charge in [-0.3, -0.25) is 9.59 Å². The van der Waals surface area contributed by atoms with Gasteiger partial charge in [0.15, 0.2) is 0 Å². The highest BCUT2D eigenvalue weighted by molar-refractivity contribution is 6.41. The minimum Gasteiger partial charge on any atom is -0.507 e. The second-order valence-corrected chi connectivity index (χ2v) is 7.63. The van der Waals surface area contributed by atoms with E-state index in [4.69, 9.17) is 0 Å². The third-order valence-electron chi connectivity index (χ3n) is 5.60. The van der Waals surface area contributed by atoms with Crippen molar-refractivity contribution in [3.8, 4) is 5.75 Å². The summed E-state index contributed by atoms with van der Waals surface area (Å²) >= 11 is 0. The zero-order valence-corrected chi connectivity index (χ0v) is 16.0. The largest absolute Gasteiger partial charge is 0.507 e. The van der Waals surface area contributed by atoms with Crippen LogP contribution < -0.4 is 10.7 Å². The minimum absolute atomic E-state index is 0.0278. The van der Waals surface area contributed by atoms with Gasteiger partial charge in [0.05, 0.1) is 6.21 Å². The van der Waals surface area contributed by atoms with Crippen LogP contribution in [0.15, 0.2) is 59.7 Å². The molecule has 4 rings (SSSR count). The van der Waals surface area contributed by atoms with Crippen molar-refractivity contribution in [3.05, 3.63) is 71.3 Å². The van der Waals surface area contributed by atoms with E-state index in [0.29, 0.717) is 11.3 Å². The number of hydrogen-bond acceptors (Lipinski definition) is 5. The quantitative estimate of drug-likeness (QED) is 0.325. The van der Waals surface area contributed by atoms with Crippen molar-refractivity contribution >= 4 is 23.6 Å². The van der Waals surface area contributed by atoms with Crippen molar-refractivity contribution in [2.75, 3.05) is 0 Å². The molecule has 0 saturated heterocycles. The summed E-state index contributed by atoms with van der Waals surface area (Å²) in [5, 5.41) is 17.0. The average molecular weight is 389 g/mol. The van der Waals surface area contributed by atoms with Crippen molar-refractivity contribution in [1.82, 2.24) is 10.7 Å². The first-order valence-corrected chi connectivity index (χ1v) is 9.80. The molecule has 0 radical (unpaired) electrons. The van der Waals surface area contributed by atoms with E-state index >= 15 is 0 Å². The van der Waals surface area contributed by atoms with Crippen molar-refractivity contribution < 1.29 is 14.7 Å². The predicted octanol–water partition coefficient (Wildman–Crippen LogP) is 2.91. The number of fused-ring (bicyclic) bond motifs is 1. The zero-order valence-electron chi connectivity index (χ0n) is 16.0. The molecule has 1 aliphatic carbocycles. The van der Waals surface area contributed by atoms with Crippen LogP contribution in [-0.2, 0) is 16.0 Å². The number of carbonyl (C=O) groups is 2. The second kappa shape index (κ2) is 7.91. The number of para-hydroxylation sites is 1. The maximum absolute atomic E-state index is 12.5. The van der Waals surface area contributed by atoms with Crippen LogP contribution in [0.1, 0.15) is 42.4 Å². The van der Waals surface area contributed by atoms with Gasteiger partial charge in [0.1, 0.15) is 5.75 Å². The van der Waals surface area contributed by atoms with E-state index in [0.717, 1.165) is 37.7 Å². The van der Waals surface area contributed by atoms with Gasteiger partial charge in [-0.15, -0.1) is 0 Å². The van der Waals surface area contributed by atoms with Crippen LogP contribution in [-0.4, -0.2) is 28.6 Å². The zero-order chi connectivity index (χ0) is 20.3. The number of rotatable bonds is 4. The average Bonchev–Trinajstić information content (AvgIpc) is 3.16. The van der Waals surface area contributed by atoms with Gasteiger partial charge in [-0.1, -0.05) is 49.2 Å². The van der Waals surface area contributed by atoms with E-state index < -0.39 is 11.7 Å². The molecule has 6 nitrogen and oxygen atoms in total. The molecule has 0 bridgehead atoms. The first-order valence-electron chi connectivity index (χ1n) is 9.80. The second-order valence-electron chi connectivity index (χ2n) is 7.63. The number of hydrogen-bond donors (Lipinski definition) is 3. The highest BCUT2D eigenvalue weighted by Crippen LogP contribution is 2.39. The molecule has 0 aromatic heterocycles. The number of phenols is 1. The standard InChI is InChI=1S/C23H23N3O3/c27-20-10-4-2-8-17(20)15-24-26-22(29)21(28)13-19-18-9-3-1-7-16(18)14-23(25-19)11-5-6-12-23/h1-4,7-10,13,15,25,27H,5-6,11-12,14H2,(H,26,29)/b19-13?,24-15+. The number of hydrazone groups is 1. The third kappa shape index (κ3) is 4.06. The van der Waals surface area contributed by atoms with Crippen LogP contribution in [0.3, 0.4) is 0 Å².